The maximum absolute atomic E-state index is 11.9. The molecular formula is C11H12N2O5S. The van der Waals surface area contributed by atoms with E-state index >= 15 is 0 Å². The predicted octanol–water partition coefficient (Wildman–Crippen LogP) is 1.64. The van der Waals surface area contributed by atoms with Crippen LogP contribution in [0, 0.1) is 16.0 Å². The third kappa shape index (κ3) is 3.50. The lowest BCUT2D eigenvalue weighted by Gasteiger charge is -2.15. The second-order valence-corrected chi connectivity index (χ2v) is 5.47. The Morgan fingerprint density at radius 3 is 2.68 bits per heavy atom. The van der Waals surface area contributed by atoms with Crippen molar-refractivity contribution < 1.29 is 19.6 Å². The highest BCUT2D eigenvalue weighted by molar-refractivity contribution is 7.17. The zero-order valence-electron chi connectivity index (χ0n) is 9.87. The number of thiophene rings is 1. The van der Waals surface area contributed by atoms with Gasteiger partial charge in [0.25, 0.3) is 5.91 Å². The van der Waals surface area contributed by atoms with Crippen LogP contribution in [-0.2, 0) is 4.79 Å². The molecule has 102 valence electrons. The van der Waals surface area contributed by atoms with E-state index < -0.39 is 22.8 Å². The standard InChI is InChI=1S/C11H12N2O5S/c14-10(15)5-7(6-1-2-6)12-11(16)8-3-4-9(19-8)13(17)18/h3-4,6-7H,1-2,5H2,(H,12,16)(H,14,15). The molecule has 7 nitrogen and oxygen atoms in total. The average molecular weight is 284 g/mol. The number of nitrogens with zero attached hydrogens (tertiary/aromatic N) is 1. The fourth-order valence-corrected chi connectivity index (χ4v) is 2.53. The van der Waals surface area contributed by atoms with Crippen molar-refractivity contribution in [2.45, 2.75) is 25.3 Å². The van der Waals surface area contributed by atoms with Crippen molar-refractivity contribution in [3.63, 3.8) is 0 Å². The van der Waals surface area contributed by atoms with Crippen LogP contribution < -0.4 is 5.32 Å². The normalized spacial score (nSPS) is 15.8. The Balaban J connectivity index is 2.01. The van der Waals surface area contributed by atoms with Crippen molar-refractivity contribution >= 4 is 28.2 Å². The van der Waals surface area contributed by atoms with Crippen LogP contribution in [-0.4, -0.2) is 27.9 Å². The Hall–Kier alpha value is -1.96. The van der Waals surface area contributed by atoms with Crippen molar-refractivity contribution in [3.8, 4) is 0 Å². The summed E-state index contributed by atoms with van der Waals surface area (Å²) in [4.78, 5) is 32.8. The van der Waals surface area contributed by atoms with Gasteiger partial charge in [-0.15, -0.1) is 0 Å². The van der Waals surface area contributed by atoms with E-state index in [1.54, 1.807) is 0 Å². The monoisotopic (exact) mass is 284 g/mol. The fraction of sp³-hybridized carbons (Fsp3) is 0.455. The third-order valence-corrected chi connectivity index (χ3v) is 3.93. The molecule has 1 aliphatic carbocycles. The van der Waals surface area contributed by atoms with Crippen LogP contribution in [0.5, 0.6) is 0 Å². The summed E-state index contributed by atoms with van der Waals surface area (Å²) in [5.41, 5.74) is 0. The van der Waals surface area contributed by atoms with Gasteiger partial charge in [-0.2, -0.15) is 0 Å². The maximum atomic E-state index is 11.9. The highest BCUT2D eigenvalue weighted by atomic mass is 32.1. The van der Waals surface area contributed by atoms with E-state index in [4.69, 9.17) is 5.11 Å². The van der Waals surface area contributed by atoms with Crippen LogP contribution in [0.3, 0.4) is 0 Å². The molecule has 0 bridgehead atoms. The van der Waals surface area contributed by atoms with Gasteiger partial charge < -0.3 is 10.4 Å². The first-order valence-corrected chi connectivity index (χ1v) is 6.56. The molecular weight excluding hydrogens is 272 g/mol. The Kier molecular flexibility index (Phi) is 3.79. The van der Waals surface area contributed by atoms with Crippen LogP contribution in [0.4, 0.5) is 5.00 Å². The number of hydrogen-bond acceptors (Lipinski definition) is 5. The van der Waals surface area contributed by atoms with Gasteiger partial charge in [0, 0.05) is 12.1 Å². The van der Waals surface area contributed by atoms with Gasteiger partial charge in [-0.3, -0.25) is 19.7 Å². The van der Waals surface area contributed by atoms with Gasteiger partial charge in [0.15, 0.2) is 0 Å². The second-order valence-electron chi connectivity index (χ2n) is 4.41. The van der Waals surface area contributed by atoms with Crippen molar-refractivity contribution in [2.75, 3.05) is 0 Å². The maximum Gasteiger partial charge on any atom is 0.324 e. The molecule has 1 aromatic rings. The van der Waals surface area contributed by atoms with Gasteiger partial charge in [-0.1, -0.05) is 11.3 Å². The number of carboxylic acids is 1. The number of carbonyl (C=O) groups excluding carboxylic acids is 1. The highest BCUT2D eigenvalue weighted by Gasteiger charge is 2.34. The number of aliphatic carboxylic acids is 1. The van der Waals surface area contributed by atoms with Crippen molar-refractivity contribution in [1.82, 2.24) is 5.32 Å². The van der Waals surface area contributed by atoms with Gasteiger partial charge in [-0.05, 0) is 24.8 Å². The Labute approximate surface area is 112 Å². The van der Waals surface area contributed by atoms with E-state index in [1.807, 2.05) is 0 Å². The van der Waals surface area contributed by atoms with E-state index in [0.717, 1.165) is 24.2 Å². The quantitative estimate of drug-likeness (QED) is 0.609. The van der Waals surface area contributed by atoms with E-state index in [-0.39, 0.29) is 22.2 Å². The van der Waals surface area contributed by atoms with Crippen molar-refractivity contribution in [1.29, 1.82) is 0 Å². The van der Waals surface area contributed by atoms with Crippen LogP contribution in [0.1, 0.15) is 28.9 Å². The number of carboxylic acid groups (broad SMARTS) is 1. The summed E-state index contributed by atoms with van der Waals surface area (Å²) in [5, 5.41) is 21.9. The molecule has 19 heavy (non-hydrogen) atoms. The molecule has 0 aliphatic heterocycles. The fourth-order valence-electron chi connectivity index (χ4n) is 1.81. The van der Waals surface area contributed by atoms with Crippen molar-refractivity contribution in [2.24, 2.45) is 5.92 Å². The molecule has 1 aromatic heterocycles. The number of nitro groups is 1. The van der Waals surface area contributed by atoms with E-state index in [0.29, 0.717) is 0 Å². The van der Waals surface area contributed by atoms with Gasteiger partial charge in [0.2, 0.25) is 0 Å². The molecule has 1 fully saturated rings. The molecule has 1 heterocycles. The topological polar surface area (TPSA) is 110 Å². The number of hydrogen-bond donors (Lipinski definition) is 2. The third-order valence-electron chi connectivity index (χ3n) is 2.90. The van der Waals surface area contributed by atoms with E-state index in [9.17, 15) is 19.7 Å². The first-order chi connectivity index (χ1) is 8.97. The molecule has 0 saturated heterocycles. The summed E-state index contributed by atoms with van der Waals surface area (Å²) < 4.78 is 0. The molecule has 8 heteroatoms. The summed E-state index contributed by atoms with van der Waals surface area (Å²) in [6.45, 7) is 0. The number of rotatable bonds is 6. The van der Waals surface area contributed by atoms with Crippen molar-refractivity contribution in [3.05, 3.63) is 27.1 Å². The molecule has 0 spiro atoms. The zero-order valence-corrected chi connectivity index (χ0v) is 10.7. The Morgan fingerprint density at radius 1 is 1.53 bits per heavy atom. The molecule has 0 radical (unpaired) electrons. The first-order valence-electron chi connectivity index (χ1n) is 5.74. The summed E-state index contributed by atoms with van der Waals surface area (Å²) in [7, 11) is 0. The van der Waals surface area contributed by atoms with Crippen LogP contribution >= 0.6 is 11.3 Å². The summed E-state index contributed by atoms with van der Waals surface area (Å²) >= 11 is 0.784. The van der Waals surface area contributed by atoms with Crippen LogP contribution in [0.15, 0.2) is 12.1 Å². The van der Waals surface area contributed by atoms with E-state index in [2.05, 4.69) is 5.32 Å². The van der Waals surface area contributed by atoms with Gasteiger partial charge in [-0.25, -0.2) is 0 Å². The minimum atomic E-state index is -0.964. The molecule has 1 unspecified atom stereocenters. The molecule has 1 atom stereocenters. The largest absolute Gasteiger partial charge is 0.481 e. The molecule has 2 N–H and O–H groups in total. The zero-order chi connectivity index (χ0) is 14.0. The Morgan fingerprint density at radius 2 is 2.21 bits per heavy atom. The summed E-state index contributed by atoms with van der Waals surface area (Å²) in [5.74, 6) is -1.21. The summed E-state index contributed by atoms with van der Waals surface area (Å²) in [6.07, 6.45) is 1.69. The lowest BCUT2D eigenvalue weighted by Crippen LogP contribution is -2.37. The van der Waals surface area contributed by atoms with Gasteiger partial charge >= 0.3 is 11.0 Å². The molecule has 1 amide bonds. The number of carbonyl (C=O) groups is 2. The lowest BCUT2D eigenvalue weighted by atomic mass is 10.1. The van der Waals surface area contributed by atoms with Crippen LogP contribution in [0.25, 0.3) is 0 Å². The minimum absolute atomic E-state index is 0.105. The SMILES string of the molecule is O=C(O)CC(NC(=O)c1ccc([N+](=O)[O-])s1)C1CC1. The molecule has 1 aliphatic rings. The lowest BCUT2D eigenvalue weighted by molar-refractivity contribution is -0.380. The highest BCUT2D eigenvalue weighted by Crippen LogP contribution is 2.34. The minimum Gasteiger partial charge on any atom is -0.481 e. The Bertz CT molecular complexity index is 523. The van der Waals surface area contributed by atoms with Gasteiger partial charge in [0.05, 0.1) is 16.2 Å². The van der Waals surface area contributed by atoms with Gasteiger partial charge in [0.1, 0.15) is 0 Å². The summed E-state index contributed by atoms with van der Waals surface area (Å²) in [6, 6.07) is 2.25. The second kappa shape index (κ2) is 5.35. The molecule has 2 rings (SSSR count). The van der Waals surface area contributed by atoms with E-state index in [1.165, 1.54) is 12.1 Å². The predicted molar refractivity (Wildman–Crippen MR) is 67.2 cm³/mol. The molecule has 1 saturated carbocycles. The molecule has 0 aromatic carbocycles. The van der Waals surface area contributed by atoms with Crippen LogP contribution in [0.2, 0.25) is 0 Å². The average Bonchev–Trinajstić information content (AvgIpc) is 3.04. The number of nitrogens with one attached hydrogen (secondary N) is 1. The smallest absolute Gasteiger partial charge is 0.324 e. The number of amides is 1. The first kappa shape index (κ1) is 13.5.